The molecule has 7 heteroatoms. The minimum Gasteiger partial charge on any atom is -0.367 e. The first-order chi connectivity index (χ1) is 10.7. The molecule has 1 aliphatic rings. The smallest absolute Gasteiger partial charge is 0.252 e. The Labute approximate surface area is 133 Å². The topological polar surface area (TPSA) is 68.5 Å². The number of carbonyl (C=O) groups is 1. The number of amides is 1. The van der Waals surface area contributed by atoms with Crippen LogP contribution in [0.25, 0.3) is 0 Å². The molecular formula is C15H19N3O3S. The highest BCUT2D eigenvalue weighted by molar-refractivity contribution is 7.10. The lowest BCUT2D eigenvalue weighted by Crippen LogP contribution is -2.43. The van der Waals surface area contributed by atoms with Gasteiger partial charge in [-0.15, -0.1) is 11.3 Å². The van der Waals surface area contributed by atoms with Gasteiger partial charge in [0, 0.05) is 18.0 Å². The number of aryl methyl sites for hydroxylation is 1. The summed E-state index contributed by atoms with van der Waals surface area (Å²) in [6.45, 7) is 3.53. The minimum atomic E-state index is 0.0354. The van der Waals surface area contributed by atoms with Crippen molar-refractivity contribution < 1.29 is 14.1 Å². The Kier molecular flexibility index (Phi) is 4.84. The number of likely N-dealkylation sites (tertiary alicyclic amines) is 1. The lowest BCUT2D eigenvalue weighted by molar-refractivity contribution is -0.135. The molecule has 0 aliphatic carbocycles. The highest BCUT2D eigenvalue weighted by Crippen LogP contribution is 2.17. The number of hydrogen-bond acceptors (Lipinski definition) is 6. The summed E-state index contributed by atoms with van der Waals surface area (Å²) in [6, 6.07) is 3.97. The van der Waals surface area contributed by atoms with Gasteiger partial charge in [0.25, 0.3) is 5.89 Å². The van der Waals surface area contributed by atoms with Crippen LogP contribution in [0.4, 0.5) is 0 Å². The molecule has 0 bridgehead atoms. The second-order valence-electron chi connectivity index (χ2n) is 5.41. The van der Waals surface area contributed by atoms with E-state index in [1.165, 1.54) is 0 Å². The van der Waals surface area contributed by atoms with Gasteiger partial charge in [-0.2, -0.15) is 4.98 Å². The Morgan fingerprint density at radius 2 is 2.50 bits per heavy atom. The minimum absolute atomic E-state index is 0.0354. The molecule has 0 N–H and O–H groups in total. The van der Waals surface area contributed by atoms with Crippen molar-refractivity contribution in [2.24, 2.45) is 0 Å². The van der Waals surface area contributed by atoms with Crippen molar-refractivity contribution in [3.05, 3.63) is 34.1 Å². The van der Waals surface area contributed by atoms with Crippen molar-refractivity contribution in [3.8, 4) is 0 Å². The molecule has 1 aliphatic heterocycles. The van der Waals surface area contributed by atoms with Crippen molar-refractivity contribution in [2.45, 2.75) is 38.9 Å². The van der Waals surface area contributed by atoms with Crippen molar-refractivity contribution in [3.63, 3.8) is 0 Å². The third-order valence-corrected chi connectivity index (χ3v) is 4.52. The molecule has 3 rings (SSSR count). The zero-order valence-electron chi connectivity index (χ0n) is 12.5. The first kappa shape index (κ1) is 15.2. The highest BCUT2D eigenvalue weighted by Gasteiger charge is 2.24. The van der Waals surface area contributed by atoms with E-state index in [4.69, 9.17) is 9.26 Å². The third kappa shape index (κ3) is 3.92. The summed E-state index contributed by atoms with van der Waals surface area (Å²) in [6.07, 6.45) is 2.43. The summed E-state index contributed by atoms with van der Waals surface area (Å²) < 4.78 is 10.8. The number of aromatic nitrogens is 2. The largest absolute Gasteiger partial charge is 0.367 e. The number of nitrogens with zero attached hydrogens (tertiary/aromatic N) is 3. The van der Waals surface area contributed by atoms with Crippen LogP contribution in [0.2, 0.25) is 0 Å². The summed E-state index contributed by atoms with van der Waals surface area (Å²) >= 11 is 1.62. The first-order valence-corrected chi connectivity index (χ1v) is 8.29. The number of carbonyl (C=O) groups excluding carboxylic acids is 1. The molecule has 1 fully saturated rings. The summed E-state index contributed by atoms with van der Waals surface area (Å²) in [5, 5.41) is 5.73. The molecule has 3 heterocycles. The fourth-order valence-electron chi connectivity index (χ4n) is 2.56. The van der Waals surface area contributed by atoms with Gasteiger partial charge in [-0.25, -0.2) is 0 Å². The predicted octanol–water partition coefficient (Wildman–Crippen LogP) is 2.19. The van der Waals surface area contributed by atoms with Gasteiger partial charge >= 0.3 is 0 Å². The van der Waals surface area contributed by atoms with Gasteiger partial charge in [0.05, 0.1) is 12.5 Å². The molecule has 2 aromatic rings. The Balaban J connectivity index is 1.49. The van der Waals surface area contributed by atoms with Gasteiger partial charge in [-0.3, -0.25) is 4.79 Å². The SMILES string of the molecule is Cc1noc(CO[C@H]2CCCN(C(=O)Cc3cccs3)C2)n1. The zero-order chi connectivity index (χ0) is 15.4. The number of piperidine rings is 1. The standard InChI is InChI=1S/C15H19N3O3S/c1-11-16-14(21-17-11)10-20-12-4-2-6-18(9-12)15(19)8-13-5-3-7-22-13/h3,5,7,12H,2,4,6,8-10H2,1H3/t12-/m0/s1. The van der Waals surface area contributed by atoms with Crippen LogP contribution < -0.4 is 0 Å². The van der Waals surface area contributed by atoms with E-state index < -0.39 is 0 Å². The van der Waals surface area contributed by atoms with Crippen LogP contribution in [-0.2, 0) is 22.6 Å². The van der Waals surface area contributed by atoms with Crippen LogP contribution in [0, 0.1) is 6.92 Å². The van der Waals surface area contributed by atoms with Crippen molar-refractivity contribution >= 4 is 17.2 Å². The predicted molar refractivity (Wildman–Crippen MR) is 81.4 cm³/mol. The quantitative estimate of drug-likeness (QED) is 0.844. The van der Waals surface area contributed by atoms with E-state index in [2.05, 4.69) is 10.1 Å². The van der Waals surface area contributed by atoms with E-state index in [0.717, 1.165) is 24.3 Å². The molecule has 118 valence electrons. The summed E-state index contributed by atoms with van der Waals surface area (Å²) in [5.41, 5.74) is 0. The number of hydrogen-bond donors (Lipinski definition) is 0. The van der Waals surface area contributed by atoms with Crippen molar-refractivity contribution in [2.75, 3.05) is 13.1 Å². The van der Waals surface area contributed by atoms with Crippen molar-refractivity contribution in [1.82, 2.24) is 15.0 Å². The lowest BCUT2D eigenvalue weighted by Gasteiger charge is -2.32. The summed E-state index contributed by atoms with van der Waals surface area (Å²) in [4.78, 5) is 19.4. The van der Waals surface area contributed by atoms with Gasteiger partial charge in [-0.1, -0.05) is 11.2 Å². The number of ether oxygens (including phenoxy) is 1. The lowest BCUT2D eigenvalue weighted by atomic mass is 10.1. The van der Waals surface area contributed by atoms with Gasteiger partial charge in [0.2, 0.25) is 5.91 Å². The second-order valence-corrected chi connectivity index (χ2v) is 6.44. The van der Waals surface area contributed by atoms with Gasteiger partial charge in [0.1, 0.15) is 6.61 Å². The molecule has 0 aromatic carbocycles. The zero-order valence-corrected chi connectivity index (χ0v) is 13.3. The molecule has 1 saturated heterocycles. The molecule has 1 amide bonds. The average molecular weight is 321 g/mol. The third-order valence-electron chi connectivity index (χ3n) is 3.65. The molecule has 0 radical (unpaired) electrons. The molecule has 6 nitrogen and oxygen atoms in total. The fourth-order valence-corrected chi connectivity index (χ4v) is 3.26. The summed E-state index contributed by atoms with van der Waals surface area (Å²) in [5.74, 6) is 1.26. The molecule has 2 aromatic heterocycles. The molecule has 0 spiro atoms. The highest BCUT2D eigenvalue weighted by atomic mass is 32.1. The van der Waals surface area contributed by atoms with Crippen LogP contribution in [0.1, 0.15) is 29.4 Å². The van der Waals surface area contributed by atoms with E-state index in [9.17, 15) is 4.79 Å². The van der Waals surface area contributed by atoms with E-state index in [1.54, 1.807) is 18.3 Å². The van der Waals surface area contributed by atoms with Crippen LogP contribution in [0.15, 0.2) is 22.0 Å². The maximum Gasteiger partial charge on any atom is 0.252 e. The number of rotatable bonds is 5. The molecular weight excluding hydrogens is 302 g/mol. The molecule has 22 heavy (non-hydrogen) atoms. The van der Waals surface area contributed by atoms with Gasteiger partial charge in [0.15, 0.2) is 5.82 Å². The van der Waals surface area contributed by atoms with Crippen LogP contribution in [0.5, 0.6) is 0 Å². The monoisotopic (exact) mass is 321 g/mol. The van der Waals surface area contributed by atoms with Crippen molar-refractivity contribution in [1.29, 1.82) is 0 Å². The second kappa shape index (κ2) is 7.02. The van der Waals surface area contributed by atoms with Crippen LogP contribution in [0.3, 0.4) is 0 Å². The van der Waals surface area contributed by atoms with Crippen LogP contribution in [-0.4, -0.2) is 40.1 Å². The normalized spacial score (nSPS) is 18.6. The van der Waals surface area contributed by atoms with E-state index in [0.29, 0.717) is 31.3 Å². The Bertz CT molecular complexity index is 611. The van der Waals surface area contributed by atoms with E-state index in [-0.39, 0.29) is 12.0 Å². The molecule has 1 atom stereocenters. The Morgan fingerprint density at radius 3 is 3.23 bits per heavy atom. The van der Waals surface area contributed by atoms with E-state index >= 15 is 0 Å². The fraction of sp³-hybridized carbons (Fsp3) is 0.533. The van der Waals surface area contributed by atoms with E-state index in [1.807, 2.05) is 22.4 Å². The summed E-state index contributed by atoms with van der Waals surface area (Å²) in [7, 11) is 0. The Hall–Kier alpha value is -1.73. The van der Waals surface area contributed by atoms with Gasteiger partial charge in [-0.05, 0) is 31.2 Å². The number of thiophene rings is 1. The Morgan fingerprint density at radius 1 is 1.59 bits per heavy atom. The maximum atomic E-state index is 12.3. The molecule has 0 saturated carbocycles. The molecule has 0 unspecified atom stereocenters. The first-order valence-electron chi connectivity index (χ1n) is 7.41. The van der Waals surface area contributed by atoms with Crippen LogP contribution >= 0.6 is 11.3 Å². The maximum absolute atomic E-state index is 12.3. The average Bonchev–Trinajstić information content (AvgIpc) is 3.17. The van der Waals surface area contributed by atoms with Gasteiger partial charge < -0.3 is 14.2 Å².